The van der Waals surface area contributed by atoms with Gasteiger partial charge in [-0.25, -0.2) is 9.18 Å². The molecule has 156 valence electrons. The Morgan fingerprint density at radius 1 is 1.28 bits per heavy atom. The van der Waals surface area contributed by atoms with Crippen LogP contribution in [-0.4, -0.2) is 36.6 Å². The SMILES string of the molecule is CC(C)(C)OC(=O)NCC(=Cc1ccc(C#N)cc1F)B1OC(C)(C)C(C)(C)O1. The summed E-state index contributed by atoms with van der Waals surface area (Å²) in [7, 11) is -0.773. The van der Waals surface area contributed by atoms with Crippen molar-refractivity contribution in [1.82, 2.24) is 5.32 Å². The van der Waals surface area contributed by atoms with Crippen LogP contribution in [0, 0.1) is 17.1 Å². The van der Waals surface area contributed by atoms with E-state index in [9.17, 15) is 9.18 Å². The Hall–Kier alpha value is -2.37. The largest absolute Gasteiger partial charge is 0.492 e. The maximum atomic E-state index is 14.4. The van der Waals surface area contributed by atoms with Gasteiger partial charge in [0.15, 0.2) is 0 Å². The van der Waals surface area contributed by atoms with Crippen LogP contribution in [-0.2, 0) is 14.0 Å². The van der Waals surface area contributed by atoms with E-state index in [2.05, 4.69) is 5.32 Å². The minimum Gasteiger partial charge on any atom is -0.444 e. The van der Waals surface area contributed by atoms with E-state index in [4.69, 9.17) is 19.3 Å². The van der Waals surface area contributed by atoms with Gasteiger partial charge in [-0.15, -0.1) is 0 Å². The van der Waals surface area contributed by atoms with Crippen LogP contribution in [0.1, 0.15) is 59.6 Å². The summed E-state index contributed by atoms with van der Waals surface area (Å²) in [5, 5.41) is 11.6. The number of nitriles is 1. The number of ether oxygens (including phenoxy) is 1. The fraction of sp³-hybridized carbons (Fsp3) is 0.524. The van der Waals surface area contributed by atoms with Gasteiger partial charge >= 0.3 is 13.2 Å². The van der Waals surface area contributed by atoms with Crippen molar-refractivity contribution in [1.29, 1.82) is 5.26 Å². The number of alkyl carbamates (subject to hydrolysis) is 1. The first-order valence-corrected chi connectivity index (χ1v) is 9.47. The van der Waals surface area contributed by atoms with Gasteiger partial charge in [-0.1, -0.05) is 12.1 Å². The van der Waals surface area contributed by atoms with Crippen LogP contribution in [0.2, 0.25) is 0 Å². The zero-order valence-electron chi connectivity index (χ0n) is 18.1. The van der Waals surface area contributed by atoms with Crippen molar-refractivity contribution < 1.29 is 23.2 Å². The number of hydrogen-bond acceptors (Lipinski definition) is 5. The molecule has 0 saturated carbocycles. The Balaban J connectivity index is 2.31. The molecule has 0 bridgehead atoms. The fourth-order valence-electron chi connectivity index (χ4n) is 2.60. The number of carbonyl (C=O) groups excluding carboxylic acids is 1. The van der Waals surface area contributed by atoms with E-state index in [1.54, 1.807) is 26.8 Å². The van der Waals surface area contributed by atoms with Gasteiger partial charge in [0.2, 0.25) is 0 Å². The van der Waals surface area contributed by atoms with Gasteiger partial charge in [-0.3, -0.25) is 0 Å². The molecule has 29 heavy (non-hydrogen) atoms. The molecule has 2 rings (SSSR count). The molecule has 0 spiro atoms. The van der Waals surface area contributed by atoms with Crippen LogP contribution >= 0.6 is 0 Å². The van der Waals surface area contributed by atoms with Crippen molar-refractivity contribution in [2.45, 2.75) is 65.3 Å². The Bertz CT molecular complexity index is 837. The molecule has 1 heterocycles. The highest BCUT2D eigenvalue weighted by Gasteiger charge is 2.52. The highest BCUT2D eigenvalue weighted by atomic mass is 19.1. The van der Waals surface area contributed by atoms with Crippen molar-refractivity contribution in [2.75, 3.05) is 6.54 Å². The van der Waals surface area contributed by atoms with Gasteiger partial charge in [-0.05, 0) is 66.1 Å². The van der Waals surface area contributed by atoms with Crippen molar-refractivity contribution in [2.24, 2.45) is 0 Å². The predicted molar refractivity (Wildman–Crippen MR) is 109 cm³/mol. The van der Waals surface area contributed by atoms with Gasteiger partial charge in [0.25, 0.3) is 0 Å². The zero-order chi connectivity index (χ0) is 22.0. The van der Waals surface area contributed by atoms with E-state index in [1.807, 2.05) is 33.8 Å². The third-order valence-electron chi connectivity index (χ3n) is 4.86. The molecular formula is C21H28BFN2O4. The Kier molecular flexibility index (Phi) is 6.46. The van der Waals surface area contributed by atoms with Crippen molar-refractivity contribution in [3.63, 3.8) is 0 Å². The maximum absolute atomic E-state index is 14.4. The summed E-state index contributed by atoms with van der Waals surface area (Å²) in [4.78, 5) is 12.1. The summed E-state index contributed by atoms with van der Waals surface area (Å²) < 4.78 is 31.8. The molecule has 0 aromatic heterocycles. The van der Waals surface area contributed by atoms with E-state index in [0.29, 0.717) is 5.47 Å². The molecule has 0 unspecified atom stereocenters. The lowest BCUT2D eigenvalue weighted by Gasteiger charge is -2.32. The number of hydrogen-bond donors (Lipinski definition) is 1. The van der Waals surface area contributed by atoms with Gasteiger partial charge in [0, 0.05) is 12.1 Å². The van der Waals surface area contributed by atoms with E-state index in [-0.39, 0.29) is 17.7 Å². The third-order valence-corrected chi connectivity index (χ3v) is 4.86. The lowest BCUT2D eigenvalue weighted by Crippen LogP contribution is -2.41. The van der Waals surface area contributed by atoms with Crippen LogP contribution in [0.4, 0.5) is 9.18 Å². The van der Waals surface area contributed by atoms with Crippen LogP contribution in [0.3, 0.4) is 0 Å². The summed E-state index contributed by atoms with van der Waals surface area (Å²) in [5.41, 5.74) is -0.809. The van der Waals surface area contributed by atoms with Crippen molar-refractivity contribution in [3.05, 3.63) is 40.6 Å². The number of nitrogens with zero attached hydrogens (tertiary/aromatic N) is 1. The van der Waals surface area contributed by atoms with Crippen molar-refractivity contribution >= 4 is 19.3 Å². The van der Waals surface area contributed by atoms with Crippen LogP contribution in [0.15, 0.2) is 23.7 Å². The Labute approximate surface area is 172 Å². The van der Waals surface area contributed by atoms with Crippen molar-refractivity contribution in [3.8, 4) is 6.07 Å². The first-order valence-electron chi connectivity index (χ1n) is 9.47. The molecular weight excluding hydrogens is 374 g/mol. The number of benzene rings is 1. The summed E-state index contributed by atoms with van der Waals surface area (Å²) in [6, 6.07) is 6.10. The number of carbonyl (C=O) groups is 1. The molecule has 0 aliphatic carbocycles. The van der Waals surface area contributed by atoms with Gasteiger partial charge in [-0.2, -0.15) is 5.26 Å². The van der Waals surface area contributed by atoms with E-state index < -0.39 is 35.8 Å². The second-order valence-electron chi connectivity index (χ2n) is 9.01. The maximum Gasteiger partial charge on any atom is 0.492 e. The number of halogens is 1. The molecule has 1 aromatic rings. The molecule has 8 heteroatoms. The smallest absolute Gasteiger partial charge is 0.444 e. The molecule has 1 amide bonds. The first-order chi connectivity index (χ1) is 13.2. The summed E-state index contributed by atoms with van der Waals surface area (Å²) >= 11 is 0. The highest BCUT2D eigenvalue weighted by Crippen LogP contribution is 2.38. The normalized spacial score (nSPS) is 18.3. The molecule has 1 N–H and O–H groups in total. The Morgan fingerprint density at radius 3 is 2.34 bits per heavy atom. The number of amides is 1. The summed E-state index contributed by atoms with van der Waals surface area (Å²) in [6.07, 6.45) is 0.968. The minimum atomic E-state index is -0.773. The summed E-state index contributed by atoms with van der Waals surface area (Å²) in [5.74, 6) is -0.546. The molecule has 1 aliphatic heterocycles. The van der Waals surface area contributed by atoms with Gasteiger partial charge < -0.3 is 19.4 Å². The molecule has 0 atom stereocenters. The molecule has 1 aliphatic rings. The Morgan fingerprint density at radius 2 is 1.86 bits per heavy atom. The molecule has 6 nitrogen and oxygen atoms in total. The quantitative estimate of drug-likeness (QED) is 0.763. The van der Waals surface area contributed by atoms with Gasteiger partial charge in [0.1, 0.15) is 11.4 Å². The molecule has 1 fully saturated rings. The van der Waals surface area contributed by atoms with Crippen LogP contribution < -0.4 is 5.32 Å². The number of rotatable bonds is 4. The first kappa shape index (κ1) is 22.9. The standard InChI is InChI=1S/C21H28BFN2O4/c1-19(2,3)27-18(26)25-13-16(22-28-20(4,5)21(6,7)29-22)11-15-9-8-14(12-24)10-17(15)23/h8-11H,13H2,1-7H3,(H,25,26). The topological polar surface area (TPSA) is 80.6 Å². The zero-order valence-corrected chi connectivity index (χ0v) is 18.1. The summed E-state index contributed by atoms with van der Waals surface area (Å²) in [6.45, 7) is 13.0. The lowest BCUT2D eigenvalue weighted by atomic mass is 9.77. The van der Waals surface area contributed by atoms with E-state index in [1.165, 1.54) is 12.1 Å². The minimum absolute atomic E-state index is 0.0468. The second kappa shape index (κ2) is 8.17. The third kappa shape index (κ3) is 5.81. The average molecular weight is 402 g/mol. The molecule has 0 radical (unpaired) electrons. The number of nitrogens with one attached hydrogen (secondary N) is 1. The molecule has 1 saturated heterocycles. The predicted octanol–water partition coefficient (Wildman–Crippen LogP) is 4.24. The second-order valence-corrected chi connectivity index (χ2v) is 9.01. The average Bonchev–Trinajstić information content (AvgIpc) is 2.78. The monoisotopic (exact) mass is 402 g/mol. The van der Waals surface area contributed by atoms with E-state index >= 15 is 0 Å². The van der Waals surface area contributed by atoms with Crippen LogP contribution in [0.5, 0.6) is 0 Å². The lowest BCUT2D eigenvalue weighted by molar-refractivity contribution is 0.00578. The fourth-order valence-corrected chi connectivity index (χ4v) is 2.60. The highest BCUT2D eigenvalue weighted by molar-refractivity contribution is 6.56. The van der Waals surface area contributed by atoms with Crippen LogP contribution in [0.25, 0.3) is 6.08 Å². The molecule has 1 aromatic carbocycles. The van der Waals surface area contributed by atoms with Gasteiger partial charge in [0.05, 0.1) is 22.8 Å². The van der Waals surface area contributed by atoms with E-state index in [0.717, 1.165) is 6.07 Å².